The third-order valence-corrected chi connectivity index (χ3v) is 2.75. The Kier molecular flexibility index (Phi) is 4.36. The number of rotatable bonds is 5. The molecule has 4 nitrogen and oxygen atoms in total. The zero-order chi connectivity index (χ0) is 12.8. The smallest absolute Gasteiger partial charge is 0.224 e. The Hall–Kier alpha value is -1.81. The van der Waals surface area contributed by atoms with Gasteiger partial charge >= 0.3 is 0 Å². The molecule has 1 aromatic carbocycles. The third kappa shape index (κ3) is 3.60. The maximum atomic E-state index is 5.74. The van der Waals surface area contributed by atoms with Crippen molar-refractivity contribution in [3.05, 3.63) is 47.4 Å². The van der Waals surface area contributed by atoms with Crippen LogP contribution in [-0.2, 0) is 6.42 Å². The number of aryl methyl sites for hydroxylation is 1. The van der Waals surface area contributed by atoms with Gasteiger partial charge in [-0.15, -0.1) is 0 Å². The summed E-state index contributed by atoms with van der Waals surface area (Å²) in [7, 11) is 0. The molecule has 2 aromatic rings. The lowest BCUT2D eigenvalue weighted by molar-refractivity contribution is 0.858. The van der Waals surface area contributed by atoms with Crippen LogP contribution < -0.4 is 11.1 Å². The number of benzene rings is 1. The molecule has 1 heterocycles. The number of nitrogens with zero attached hydrogens (tertiary/aromatic N) is 2. The van der Waals surface area contributed by atoms with Crippen molar-refractivity contribution in [2.24, 2.45) is 0 Å². The first kappa shape index (κ1) is 12.6. The molecule has 0 aliphatic rings. The molecule has 0 aliphatic carbocycles. The molecule has 1 aromatic heterocycles. The van der Waals surface area contributed by atoms with Gasteiger partial charge in [-0.05, 0) is 30.0 Å². The highest BCUT2D eigenvalue weighted by molar-refractivity contribution is 6.28. The van der Waals surface area contributed by atoms with E-state index in [0.717, 1.165) is 19.4 Å². The summed E-state index contributed by atoms with van der Waals surface area (Å²) in [6.45, 7) is 0.798. The van der Waals surface area contributed by atoms with Gasteiger partial charge in [0.1, 0.15) is 0 Å². The van der Waals surface area contributed by atoms with Gasteiger partial charge in [0.25, 0.3) is 0 Å². The van der Waals surface area contributed by atoms with Crippen molar-refractivity contribution in [2.75, 3.05) is 17.6 Å². The molecule has 0 amide bonds. The second kappa shape index (κ2) is 6.21. The number of nitrogens with two attached hydrogens (primary N) is 1. The third-order valence-electron chi connectivity index (χ3n) is 2.57. The number of aromatic nitrogens is 2. The quantitative estimate of drug-likeness (QED) is 0.642. The second-order valence-electron chi connectivity index (χ2n) is 3.96. The second-order valence-corrected chi connectivity index (χ2v) is 4.30. The topological polar surface area (TPSA) is 63.8 Å². The van der Waals surface area contributed by atoms with Gasteiger partial charge in [0.2, 0.25) is 5.28 Å². The number of halogens is 1. The molecule has 0 saturated heterocycles. The highest BCUT2D eigenvalue weighted by Gasteiger charge is 2.02. The summed E-state index contributed by atoms with van der Waals surface area (Å²) in [5.41, 5.74) is 7.58. The summed E-state index contributed by atoms with van der Waals surface area (Å²) in [5, 5.41) is 3.37. The first-order valence-electron chi connectivity index (χ1n) is 5.81. The highest BCUT2D eigenvalue weighted by atomic mass is 35.5. The first-order chi connectivity index (χ1) is 8.75. The first-order valence-corrected chi connectivity index (χ1v) is 6.19. The van der Waals surface area contributed by atoms with Crippen LogP contribution in [0.25, 0.3) is 0 Å². The van der Waals surface area contributed by atoms with E-state index in [4.69, 9.17) is 17.3 Å². The average molecular weight is 263 g/mol. The zero-order valence-electron chi connectivity index (χ0n) is 9.94. The van der Waals surface area contributed by atoms with Gasteiger partial charge in [-0.1, -0.05) is 30.3 Å². The Morgan fingerprint density at radius 2 is 2.00 bits per heavy atom. The molecule has 94 valence electrons. The molecular weight excluding hydrogens is 248 g/mol. The number of anilines is 2. The van der Waals surface area contributed by atoms with Crippen molar-refractivity contribution in [1.29, 1.82) is 0 Å². The molecule has 0 saturated carbocycles. The van der Waals surface area contributed by atoms with Crippen molar-refractivity contribution < 1.29 is 0 Å². The molecule has 0 spiro atoms. The summed E-state index contributed by atoms with van der Waals surface area (Å²) in [6.07, 6.45) is 3.53. The maximum absolute atomic E-state index is 5.74. The Balaban J connectivity index is 1.80. The van der Waals surface area contributed by atoms with Crippen LogP contribution >= 0.6 is 11.6 Å². The minimum absolute atomic E-state index is 0.203. The van der Waals surface area contributed by atoms with Crippen molar-refractivity contribution in [3.63, 3.8) is 0 Å². The number of hydrogen-bond acceptors (Lipinski definition) is 4. The monoisotopic (exact) mass is 262 g/mol. The van der Waals surface area contributed by atoms with E-state index in [-0.39, 0.29) is 5.28 Å². The Bertz CT molecular complexity index is 502. The van der Waals surface area contributed by atoms with Crippen molar-refractivity contribution in [2.45, 2.75) is 12.8 Å². The fourth-order valence-electron chi connectivity index (χ4n) is 1.66. The summed E-state index contributed by atoms with van der Waals surface area (Å²) >= 11 is 5.71. The Morgan fingerprint density at radius 1 is 1.22 bits per heavy atom. The predicted octanol–water partition coefficient (Wildman–Crippen LogP) is 2.76. The molecule has 0 unspecified atom stereocenters. The van der Waals surface area contributed by atoms with Crippen LogP contribution in [0.2, 0.25) is 5.28 Å². The fourth-order valence-corrected chi connectivity index (χ4v) is 1.79. The van der Waals surface area contributed by atoms with Crippen LogP contribution in [0.1, 0.15) is 12.0 Å². The number of nitrogens with one attached hydrogen (secondary N) is 1. The van der Waals surface area contributed by atoms with Gasteiger partial charge in [-0.3, -0.25) is 0 Å². The molecular formula is C13H15ClN4. The molecule has 2 rings (SSSR count). The summed E-state index contributed by atoms with van der Waals surface area (Å²) in [5.74, 6) is 0.600. The van der Waals surface area contributed by atoms with Crippen molar-refractivity contribution in [1.82, 2.24) is 9.97 Å². The van der Waals surface area contributed by atoms with E-state index in [1.54, 1.807) is 0 Å². The minimum atomic E-state index is 0.203. The SMILES string of the molecule is Nc1cnc(Cl)nc1NCCCc1ccccc1. The molecule has 18 heavy (non-hydrogen) atoms. The van der Waals surface area contributed by atoms with Crippen LogP contribution in [-0.4, -0.2) is 16.5 Å². The molecule has 0 aliphatic heterocycles. The molecule has 5 heteroatoms. The maximum Gasteiger partial charge on any atom is 0.224 e. The van der Waals surface area contributed by atoms with Crippen molar-refractivity contribution in [3.8, 4) is 0 Å². The van der Waals surface area contributed by atoms with E-state index in [1.807, 2.05) is 18.2 Å². The highest BCUT2D eigenvalue weighted by Crippen LogP contribution is 2.15. The Morgan fingerprint density at radius 3 is 2.78 bits per heavy atom. The van der Waals surface area contributed by atoms with Crippen molar-refractivity contribution >= 4 is 23.1 Å². The number of hydrogen-bond donors (Lipinski definition) is 2. The van der Waals surface area contributed by atoms with E-state index in [2.05, 4.69) is 27.4 Å². The van der Waals surface area contributed by atoms with Gasteiger partial charge in [-0.2, -0.15) is 4.98 Å². The summed E-state index contributed by atoms with van der Waals surface area (Å²) < 4.78 is 0. The van der Waals surface area contributed by atoms with E-state index in [1.165, 1.54) is 11.8 Å². The fraction of sp³-hybridized carbons (Fsp3) is 0.231. The average Bonchev–Trinajstić information content (AvgIpc) is 2.40. The van der Waals surface area contributed by atoms with Gasteiger partial charge in [0.15, 0.2) is 5.82 Å². The van der Waals surface area contributed by atoms with E-state index in [0.29, 0.717) is 11.5 Å². The van der Waals surface area contributed by atoms with Crippen LogP contribution in [0.4, 0.5) is 11.5 Å². The normalized spacial score (nSPS) is 10.3. The van der Waals surface area contributed by atoms with E-state index >= 15 is 0 Å². The molecule has 3 N–H and O–H groups in total. The Labute approximate surface area is 111 Å². The summed E-state index contributed by atoms with van der Waals surface area (Å²) in [4.78, 5) is 7.84. The van der Waals surface area contributed by atoms with Crippen LogP contribution in [0, 0.1) is 0 Å². The summed E-state index contributed by atoms with van der Waals surface area (Å²) in [6, 6.07) is 10.4. The van der Waals surface area contributed by atoms with E-state index in [9.17, 15) is 0 Å². The number of nitrogen functional groups attached to an aromatic ring is 1. The van der Waals surface area contributed by atoms with Gasteiger partial charge in [0.05, 0.1) is 11.9 Å². The molecule has 0 fully saturated rings. The largest absolute Gasteiger partial charge is 0.394 e. The molecule has 0 bridgehead atoms. The lowest BCUT2D eigenvalue weighted by Gasteiger charge is -2.07. The van der Waals surface area contributed by atoms with Gasteiger partial charge in [-0.25, -0.2) is 4.98 Å². The lowest BCUT2D eigenvalue weighted by Crippen LogP contribution is -2.07. The molecule has 0 radical (unpaired) electrons. The van der Waals surface area contributed by atoms with Crippen LogP contribution in [0.15, 0.2) is 36.5 Å². The lowest BCUT2D eigenvalue weighted by atomic mass is 10.1. The van der Waals surface area contributed by atoms with Crippen LogP contribution in [0.5, 0.6) is 0 Å². The molecule has 0 atom stereocenters. The standard InChI is InChI=1S/C13H15ClN4/c14-13-17-9-11(15)12(18-13)16-8-4-7-10-5-2-1-3-6-10/h1-3,5-6,9H,4,7-8,15H2,(H,16,17,18). The predicted molar refractivity (Wildman–Crippen MR) is 74.7 cm³/mol. The van der Waals surface area contributed by atoms with Gasteiger partial charge < -0.3 is 11.1 Å². The minimum Gasteiger partial charge on any atom is -0.394 e. The van der Waals surface area contributed by atoms with Gasteiger partial charge in [0, 0.05) is 6.54 Å². The van der Waals surface area contributed by atoms with Crippen LogP contribution in [0.3, 0.4) is 0 Å². The zero-order valence-corrected chi connectivity index (χ0v) is 10.7. The van der Waals surface area contributed by atoms with E-state index < -0.39 is 0 Å².